The number of amides is 2. The Morgan fingerprint density at radius 3 is 2.80 bits per heavy atom. The van der Waals surface area contributed by atoms with Gasteiger partial charge in [0.25, 0.3) is 5.91 Å². The van der Waals surface area contributed by atoms with Crippen LogP contribution < -0.4 is 16.4 Å². The number of hydrogen-bond donors (Lipinski definition) is 3. The molecule has 2 rings (SSSR count). The van der Waals surface area contributed by atoms with Crippen molar-refractivity contribution in [2.24, 2.45) is 11.7 Å². The number of nitrogens with one attached hydrogen (secondary N) is 2. The van der Waals surface area contributed by atoms with Gasteiger partial charge in [-0.25, -0.2) is 0 Å². The van der Waals surface area contributed by atoms with Gasteiger partial charge in [0.15, 0.2) is 0 Å². The van der Waals surface area contributed by atoms with Crippen LogP contribution >= 0.6 is 0 Å². The Balaban J connectivity index is 2.03. The Morgan fingerprint density at radius 1 is 1.35 bits per heavy atom. The van der Waals surface area contributed by atoms with Gasteiger partial charge >= 0.3 is 0 Å². The molecule has 0 saturated carbocycles. The Hall–Kier alpha value is -2.14. The zero-order valence-corrected chi connectivity index (χ0v) is 11.4. The molecule has 0 saturated heterocycles. The number of carbonyl (C=O) groups excluding carboxylic acids is 2. The summed E-state index contributed by atoms with van der Waals surface area (Å²) in [7, 11) is 0. The van der Waals surface area contributed by atoms with E-state index in [1.165, 1.54) is 0 Å². The highest BCUT2D eigenvalue weighted by Crippen LogP contribution is 2.19. The van der Waals surface area contributed by atoms with E-state index >= 15 is 0 Å². The van der Waals surface area contributed by atoms with Crippen molar-refractivity contribution in [3.8, 4) is 0 Å². The largest absolute Gasteiger partial charge is 0.352 e. The molecule has 1 aliphatic rings. The molecule has 0 spiro atoms. The van der Waals surface area contributed by atoms with Crippen LogP contribution in [0.2, 0.25) is 0 Å². The van der Waals surface area contributed by atoms with Crippen molar-refractivity contribution in [2.45, 2.75) is 19.4 Å². The van der Waals surface area contributed by atoms with E-state index in [4.69, 9.17) is 5.73 Å². The fourth-order valence-corrected chi connectivity index (χ4v) is 2.16. The lowest BCUT2D eigenvalue weighted by atomic mass is 10.1. The number of benzene rings is 1. The Morgan fingerprint density at radius 2 is 2.15 bits per heavy atom. The van der Waals surface area contributed by atoms with Crippen LogP contribution in [0.15, 0.2) is 36.4 Å². The van der Waals surface area contributed by atoms with Crippen molar-refractivity contribution in [1.82, 2.24) is 5.32 Å². The summed E-state index contributed by atoms with van der Waals surface area (Å²) in [6, 6.07) is 6.84. The molecule has 4 N–H and O–H groups in total. The molecule has 0 aliphatic heterocycles. The normalized spacial score (nSPS) is 20.7. The van der Waals surface area contributed by atoms with Gasteiger partial charge in [0.1, 0.15) is 0 Å². The first-order chi connectivity index (χ1) is 9.60. The molecular formula is C15H19N3O2. The number of nitrogens with two attached hydrogens (primary N) is 1. The molecule has 0 aromatic heterocycles. The highest BCUT2D eigenvalue weighted by molar-refractivity contribution is 5.98. The maximum absolute atomic E-state index is 12.0. The van der Waals surface area contributed by atoms with Crippen molar-refractivity contribution in [3.63, 3.8) is 0 Å². The predicted octanol–water partition coefficient (Wildman–Crippen LogP) is 1.28. The Kier molecular flexibility index (Phi) is 4.53. The summed E-state index contributed by atoms with van der Waals surface area (Å²) >= 11 is 0. The molecule has 20 heavy (non-hydrogen) atoms. The summed E-state index contributed by atoms with van der Waals surface area (Å²) < 4.78 is 0. The number of carbonyl (C=O) groups is 2. The van der Waals surface area contributed by atoms with Crippen LogP contribution in [0.25, 0.3) is 0 Å². The molecule has 0 radical (unpaired) electrons. The van der Waals surface area contributed by atoms with Crippen LogP contribution in [0.3, 0.4) is 0 Å². The summed E-state index contributed by atoms with van der Waals surface area (Å²) in [5.74, 6) is -0.438. The molecule has 0 fully saturated rings. The lowest BCUT2D eigenvalue weighted by Crippen LogP contribution is -2.25. The Bertz CT molecular complexity index is 540. The first-order valence-electron chi connectivity index (χ1n) is 6.73. The molecule has 5 nitrogen and oxygen atoms in total. The average molecular weight is 273 g/mol. The maximum Gasteiger partial charge on any atom is 0.251 e. The van der Waals surface area contributed by atoms with Gasteiger partial charge in [0, 0.05) is 23.8 Å². The Labute approximate surface area is 118 Å². The molecule has 2 amide bonds. The predicted molar refractivity (Wildman–Crippen MR) is 78.3 cm³/mol. The molecular weight excluding hydrogens is 254 g/mol. The van der Waals surface area contributed by atoms with E-state index < -0.39 is 0 Å². The first-order valence-corrected chi connectivity index (χ1v) is 6.73. The van der Waals surface area contributed by atoms with Crippen LogP contribution in [0.4, 0.5) is 5.69 Å². The van der Waals surface area contributed by atoms with Gasteiger partial charge < -0.3 is 16.4 Å². The van der Waals surface area contributed by atoms with Gasteiger partial charge in [0.2, 0.25) is 5.91 Å². The van der Waals surface area contributed by atoms with Crippen molar-refractivity contribution in [3.05, 3.63) is 42.0 Å². The summed E-state index contributed by atoms with van der Waals surface area (Å²) in [6.45, 7) is 2.43. The average Bonchev–Trinajstić information content (AvgIpc) is 2.86. The van der Waals surface area contributed by atoms with E-state index in [0.717, 1.165) is 0 Å². The molecule has 1 aromatic rings. The standard InChI is InChI=1S/C15H19N3O2/c1-2-17-14(19)10-4-3-5-13(9-10)18-15(20)11-6-7-12(16)8-11/h3-7,9,11-12H,2,8,16H2,1H3,(H,17,19)(H,18,20). The molecule has 5 heteroatoms. The number of anilines is 1. The summed E-state index contributed by atoms with van der Waals surface area (Å²) in [5.41, 5.74) is 6.88. The molecule has 1 aromatic carbocycles. The fourth-order valence-electron chi connectivity index (χ4n) is 2.16. The smallest absolute Gasteiger partial charge is 0.251 e. The topological polar surface area (TPSA) is 84.2 Å². The van der Waals surface area contributed by atoms with Crippen LogP contribution in [0.1, 0.15) is 23.7 Å². The van der Waals surface area contributed by atoms with Gasteiger partial charge in [-0.1, -0.05) is 18.2 Å². The second-order valence-corrected chi connectivity index (χ2v) is 4.82. The van der Waals surface area contributed by atoms with Gasteiger partial charge in [-0.2, -0.15) is 0 Å². The van der Waals surface area contributed by atoms with E-state index in [9.17, 15) is 9.59 Å². The van der Waals surface area contributed by atoms with Crippen molar-refractivity contribution >= 4 is 17.5 Å². The third kappa shape index (κ3) is 3.45. The quantitative estimate of drug-likeness (QED) is 0.722. The highest BCUT2D eigenvalue weighted by Gasteiger charge is 2.22. The van der Waals surface area contributed by atoms with Crippen molar-refractivity contribution in [1.29, 1.82) is 0 Å². The van der Waals surface area contributed by atoms with Gasteiger partial charge in [-0.05, 0) is 31.5 Å². The molecule has 2 unspecified atom stereocenters. The summed E-state index contributed by atoms with van der Waals surface area (Å²) in [6.07, 6.45) is 4.30. The minimum Gasteiger partial charge on any atom is -0.352 e. The lowest BCUT2D eigenvalue weighted by molar-refractivity contribution is -0.118. The van der Waals surface area contributed by atoms with Gasteiger partial charge in [-0.3, -0.25) is 9.59 Å². The lowest BCUT2D eigenvalue weighted by Gasteiger charge is -2.11. The van der Waals surface area contributed by atoms with Gasteiger partial charge in [0.05, 0.1) is 5.92 Å². The molecule has 0 bridgehead atoms. The van der Waals surface area contributed by atoms with E-state index in [2.05, 4.69) is 10.6 Å². The third-order valence-electron chi connectivity index (χ3n) is 3.18. The zero-order chi connectivity index (χ0) is 14.5. The second-order valence-electron chi connectivity index (χ2n) is 4.82. The van der Waals surface area contributed by atoms with Crippen LogP contribution in [0, 0.1) is 5.92 Å². The molecule has 0 heterocycles. The maximum atomic E-state index is 12.0. The van der Waals surface area contributed by atoms with Crippen molar-refractivity contribution < 1.29 is 9.59 Å². The second kappa shape index (κ2) is 6.34. The third-order valence-corrected chi connectivity index (χ3v) is 3.18. The van der Waals surface area contributed by atoms with Crippen LogP contribution in [-0.2, 0) is 4.79 Å². The summed E-state index contributed by atoms with van der Waals surface area (Å²) in [5, 5.41) is 5.54. The van der Waals surface area contributed by atoms with E-state index in [1.54, 1.807) is 24.3 Å². The molecule has 1 aliphatic carbocycles. The summed E-state index contributed by atoms with van der Waals surface area (Å²) in [4.78, 5) is 23.8. The number of rotatable bonds is 4. The minimum absolute atomic E-state index is 0.0487. The molecule has 106 valence electrons. The minimum atomic E-state index is -0.196. The van der Waals surface area contributed by atoms with E-state index in [-0.39, 0.29) is 23.8 Å². The van der Waals surface area contributed by atoms with Crippen molar-refractivity contribution in [2.75, 3.05) is 11.9 Å². The van der Waals surface area contributed by atoms with Crippen LogP contribution in [0.5, 0.6) is 0 Å². The van der Waals surface area contributed by atoms with E-state index in [1.807, 2.05) is 19.1 Å². The first kappa shape index (κ1) is 14.3. The molecule has 2 atom stereocenters. The zero-order valence-electron chi connectivity index (χ0n) is 11.4. The fraction of sp³-hybridized carbons (Fsp3) is 0.333. The SMILES string of the molecule is CCNC(=O)c1cccc(NC(=O)C2C=CC(N)C2)c1. The van der Waals surface area contributed by atoms with E-state index in [0.29, 0.717) is 24.2 Å². The number of hydrogen-bond acceptors (Lipinski definition) is 3. The van der Waals surface area contributed by atoms with Crippen LogP contribution in [-0.4, -0.2) is 24.4 Å². The highest BCUT2D eigenvalue weighted by atomic mass is 16.2. The monoisotopic (exact) mass is 273 g/mol. The van der Waals surface area contributed by atoms with Gasteiger partial charge in [-0.15, -0.1) is 0 Å².